The molecule has 0 saturated carbocycles. The van der Waals surface area contributed by atoms with Crippen molar-refractivity contribution in [1.29, 1.82) is 0 Å². The molecule has 2 aliphatic heterocycles. The maximum atomic E-state index is 11.9. The first-order chi connectivity index (χ1) is 9.74. The molecule has 1 atom stereocenters. The van der Waals surface area contributed by atoms with Gasteiger partial charge in [-0.15, -0.1) is 0 Å². The number of benzene rings is 1. The summed E-state index contributed by atoms with van der Waals surface area (Å²) in [5.41, 5.74) is 2.60. The number of nitrogens with zero attached hydrogens (tertiary/aromatic N) is 2. The van der Waals surface area contributed by atoms with Crippen molar-refractivity contribution >= 4 is 5.91 Å². The summed E-state index contributed by atoms with van der Waals surface area (Å²) in [5.74, 6) is 0.306. The molecule has 0 aromatic heterocycles. The SMILES string of the molecule is C[C@H]1CCC(=O)N1C1=CCN(Cc2ccccc2)CC1. The molecule has 0 N–H and O–H groups in total. The minimum absolute atomic E-state index is 0.306. The molecule has 2 heterocycles. The van der Waals surface area contributed by atoms with Crippen molar-refractivity contribution in [2.75, 3.05) is 13.1 Å². The first-order valence-electron chi connectivity index (χ1n) is 7.51. The van der Waals surface area contributed by atoms with Crippen LogP contribution in [-0.2, 0) is 11.3 Å². The number of rotatable bonds is 3. The molecule has 0 spiro atoms. The van der Waals surface area contributed by atoms with Gasteiger partial charge in [0.05, 0.1) is 0 Å². The Morgan fingerprint density at radius 3 is 2.60 bits per heavy atom. The van der Waals surface area contributed by atoms with Crippen molar-refractivity contribution in [2.24, 2.45) is 0 Å². The molecule has 0 unspecified atom stereocenters. The van der Waals surface area contributed by atoms with Crippen LogP contribution in [0.25, 0.3) is 0 Å². The van der Waals surface area contributed by atoms with Gasteiger partial charge in [-0.25, -0.2) is 0 Å². The first kappa shape index (κ1) is 13.4. The Morgan fingerprint density at radius 2 is 2.00 bits per heavy atom. The zero-order chi connectivity index (χ0) is 13.9. The van der Waals surface area contributed by atoms with Crippen molar-refractivity contribution < 1.29 is 4.79 Å². The third-order valence-corrected chi connectivity index (χ3v) is 4.31. The average molecular weight is 270 g/mol. The number of likely N-dealkylation sites (tertiary alicyclic amines) is 1. The van der Waals surface area contributed by atoms with Crippen LogP contribution in [0.15, 0.2) is 42.1 Å². The van der Waals surface area contributed by atoms with E-state index in [1.165, 1.54) is 11.3 Å². The molecule has 0 bridgehead atoms. The molecular weight excluding hydrogens is 248 g/mol. The average Bonchev–Trinajstić information content (AvgIpc) is 2.81. The van der Waals surface area contributed by atoms with Gasteiger partial charge < -0.3 is 4.90 Å². The summed E-state index contributed by atoms with van der Waals surface area (Å²) in [6.07, 6.45) is 4.95. The summed E-state index contributed by atoms with van der Waals surface area (Å²) in [7, 11) is 0. The fourth-order valence-corrected chi connectivity index (χ4v) is 3.18. The normalized spacial score (nSPS) is 24.1. The molecule has 0 radical (unpaired) electrons. The fraction of sp³-hybridized carbons (Fsp3) is 0.471. The number of amides is 1. The summed E-state index contributed by atoms with van der Waals surface area (Å²) in [6.45, 7) is 5.13. The highest BCUT2D eigenvalue weighted by atomic mass is 16.2. The van der Waals surface area contributed by atoms with Gasteiger partial charge in [-0.1, -0.05) is 36.4 Å². The Labute approximate surface area is 120 Å². The van der Waals surface area contributed by atoms with Crippen molar-refractivity contribution in [1.82, 2.24) is 9.80 Å². The van der Waals surface area contributed by atoms with E-state index in [4.69, 9.17) is 0 Å². The smallest absolute Gasteiger partial charge is 0.227 e. The molecule has 3 nitrogen and oxygen atoms in total. The predicted octanol–water partition coefficient (Wildman–Crippen LogP) is 2.79. The van der Waals surface area contributed by atoms with Crippen LogP contribution >= 0.6 is 0 Å². The first-order valence-corrected chi connectivity index (χ1v) is 7.51. The lowest BCUT2D eigenvalue weighted by Gasteiger charge is -2.32. The number of carbonyl (C=O) groups is 1. The predicted molar refractivity (Wildman–Crippen MR) is 80.0 cm³/mol. The largest absolute Gasteiger partial charge is 0.314 e. The van der Waals surface area contributed by atoms with E-state index in [9.17, 15) is 4.79 Å². The zero-order valence-electron chi connectivity index (χ0n) is 12.1. The van der Waals surface area contributed by atoms with Gasteiger partial charge in [0.15, 0.2) is 0 Å². The molecule has 1 aromatic rings. The lowest BCUT2D eigenvalue weighted by molar-refractivity contribution is -0.127. The van der Waals surface area contributed by atoms with Crippen LogP contribution in [0.2, 0.25) is 0 Å². The molecule has 1 amide bonds. The van der Waals surface area contributed by atoms with Gasteiger partial charge in [-0.05, 0) is 18.9 Å². The van der Waals surface area contributed by atoms with E-state index < -0.39 is 0 Å². The van der Waals surface area contributed by atoms with Gasteiger partial charge >= 0.3 is 0 Å². The van der Waals surface area contributed by atoms with Crippen LogP contribution in [-0.4, -0.2) is 34.8 Å². The molecule has 0 aliphatic carbocycles. The molecule has 3 heteroatoms. The Balaban J connectivity index is 1.62. The number of hydrogen-bond acceptors (Lipinski definition) is 2. The highest BCUT2D eigenvalue weighted by molar-refractivity contribution is 5.80. The third kappa shape index (κ3) is 2.78. The highest BCUT2D eigenvalue weighted by Crippen LogP contribution is 2.27. The zero-order valence-corrected chi connectivity index (χ0v) is 12.1. The fourth-order valence-electron chi connectivity index (χ4n) is 3.18. The minimum Gasteiger partial charge on any atom is -0.314 e. The second-order valence-electron chi connectivity index (χ2n) is 5.82. The summed E-state index contributed by atoms with van der Waals surface area (Å²) in [4.78, 5) is 16.4. The van der Waals surface area contributed by atoms with Crippen molar-refractivity contribution in [3.8, 4) is 0 Å². The van der Waals surface area contributed by atoms with Gasteiger partial charge in [-0.2, -0.15) is 0 Å². The maximum Gasteiger partial charge on any atom is 0.227 e. The van der Waals surface area contributed by atoms with Crippen LogP contribution < -0.4 is 0 Å². The monoisotopic (exact) mass is 270 g/mol. The molecule has 1 aromatic carbocycles. The van der Waals surface area contributed by atoms with E-state index in [2.05, 4.69) is 48.2 Å². The second-order valence-corrected chi connectivity index (χ2v) is 5.82. The lowest BCUT2D eigenvalue weighted by atomic mass is 10.1. The van der Waals surface area contributed by atoms with Crippen LogP contribution in [0.3, 0.4) is 0 Å². The Kier molecular flexibility index (Phi) is 3.88. The maximum absolute atomic E-state index is 11.9. The quantitative estimate of drug-likeness (QED) is 0.843. The van der Waals surface area contributed by atoms with Crippen molar-refractivity contribution in [3.05, 3.63) is 47.7 Å². The van der Waals surface area contributed by atoms with E-state index in [1.54, 1.807) is 0 Å². The lowest BCUT2D eigenvalue weighted by Crippen LogP contribution is -2.36. The van der Waals surface area contributed by atoms with Crippen LogP contribution in [0.4, 0.5) is 0 Å². The van der Waals surface area contributed by atoms with Crippen molar-refractivity contribution in [3.63, 3.8) is 0 Å². The molecule has 3 rings (SSSR count). The Hall–Kier alpha value is -1.61. The Bertz CT molecular complexity index is 509. The van der Waals surface area contributed by atoms with Gasteiger partial charge in [0.2, 0.25) is 5.91 Å². The summed E-state index contributed by atoms with van der Waals surface area (Å²) < 4.78 is 0. The number of hydrogen-bond donors (Lipinski definition) is 0. The molecule has 1 saturated heterocycles. The molecular formula is C17H22N2O. The summed E-state index contributed by atoms with van der Waals surface area (Å²) >= 11 is 0. The minimum atomic E-state index is 0.306. The standard InChI is InChI=1S/C17H22N2O/c1-14-7-8-17(20)19(14)16-9-11-18(12-10-16)13-15-5-3-2-4-6-15/h2-6,9,14H,7-8,10-13H2,1H3/t14-/m0/s1. The third-order valence-electron chi connectivity index (χ3n) is 4.31. The van der Waals surface area contributed by atoms with E-state index >= 15 is 0 Å². The van der Waals surface area contributed by atoms with E-state index in [1.807, 2.05) is 4.90 Å². The van der Waals surface area contributed by atoms with Crippen LogP contribution in [0.5, 0.6) is 0 Å². The van der Waals surface area contributed by atoms with Gasteiger partial charge in [0.1, 0.15) is 0 Å². The summed E-state index contributed by atoms with van der Waals surface area (Å²) in [6, 6.07) is 11.0. The summed E-state index contributed by atoms with van der Waals surface area (Å²) in [5, 5.41) is 0. The van der Waals surface area contributed by atoms with Crippen molar-refractivity contribution in [2.45, 2.75) is 38.8 Å². The second kappa shape index (κ2) is 5.80. The van der Waals surface area contributed by atoms with Crippen LogP contribution in [0.1, 0.15) is 31.7 Å². The molecule has 2 aliphatic rings. The van der Waals surface area contributed by atoms with Gasteiger partial charge in [0.25, 0.3) is 0 Å². The van der Waals surface area contributed by atoms with E-state index in [0.29, 0.717) is 18.4 Å². The van der Waals surface area contributed by atoms with E-state index in [-0.39, 0.29) is 0 Å². The van der Waals surface area contributed by atoms with Crippen LogP contribution in [0, 0.1) is 0 Å². The molecule has 106 valence electrons. The highest BCUT2D eigenvalue weighted by Gasteiger charge is 2.31. The van der Waals surface area contributed by atoms with E-state index in [0.717, 1.165) is 32.5 Å². The number of carbonyl (C=O) groups excluding carboxylic acids is 1. The molecule has 1 fully saturated rings. The molecule has 20 heavy (non-hydrogen) atoms. The topological polar surface area (TPSA) is 23.6 Å². The van der Waals surface area contributed by atoms with Gasteiger partial charge in [0, 0.05) is 44.2 Å². The Morgan fingerprint density at radius 1 is 1.20 bits per heavy atom. The van der Waals surface area contributed by atoms with Gasteiger partial charge in [-0.3, -0.25) is 9.69 Å².